The maximum atomic E-state index is 11.3. The molecule has 0 fully saturated rings. The van der Waals surface area contributed by atoms with Crippen LogP contribution in [-0.4, -0.2) is 24.5 Å². The number of sulfonamides is 1. The Morgan fingerprint density at radius 1 is 1.15 bits per heavy atom. The Hall–Kier alpha value is -3.57. The fraction of sp³-hybridized carbons (Fsp3) is 0. The van der Waals surface area contributed by atoms with Gasteiger partial charge in [0.2, 0.25) is 10.0 Å². The van der Waals surface area contributed by atoms with Gasteiger partial charge in [-0.15, -0.1) is 0 Å². The average molecular weight is 387 g/mol. The summed E-state index contributed by atoms with van der Waals surface area (Å²) in [5.41, 5.74) is 3.18. The van der Waals surface area contributed by atoms with Gasteiger partial charge >= 0.3 is 0 Å². The molecule has 0 unspecified atom stereocenters. The molecule has 0 aliphatic heterocycles. The van der Waals surface area contributed by atoms with E-state index in [-0.39, 0.29) is 10.6 Å². The quantitative estimate of drug-likeness (QED) is 0.374. The lowest BCUT2D eigenvalue weighted by Gasteiger charge is -2.00. The second-order valence-electron chi connectivity index (χ2n) is 5.30. The smallest absolute Gasteiger partial charge is 0.287 e. The summed E-state index contributed by atoms with van der Waals surface area (Å²) in [6.45, 7) is 0. The SMILES string of the molecule is NS(=O)(=O)c1ccc(-c2ccc(/C=N/Nc3ccc([N+](=O)[O-])cn3)o2)cc1. The summed E-state index contributed by atoms with van der Waals surface area (Å²) in [7, 11) is -3.75. The number of primary sulfonamides is 1. The second kappa shape index (κ2) is 7.35. The third kappa shape index (κ3) is 4.54. The van der Waals surface area contributed by atoms with Gasteiger partial charge in [-0.1, -0.05) is 0 Å². The minimum Gasteiger partial charge on any atom is -0.455 e. The Bertz CT molecular complexity index is 1090. The van der Waals surface area contributed by atoms with E-state index in [0.717, 1.165) is 6.20 Å². The Balaban J connectivity index is 1.67. The van der Waals surface area contributed by atoms with Crippen molar-refractivity contribution >= 4 is 27.7 Å². The third-order valence-corrected chi connectivity index (χ3v) is 4.35. The molecule has 0 aliphatic rings. The van der Waals surface area contributed by atoms with Gasteiger partial charge in [0.15, 0.2) is 0 Å². The van der Waals surface area contributed by atoms with E-state index < -0.39 is 14.9 Å². The molecule has 27 heavy (non-hydrogen) atoms. The predicted octanol–water partition coefficient (Wildman–Crippen LogP) is 2.34. The Labute approximate surface area is 153 Å². The van der Waals surface area contributed by atoms with Crippen molar-refractivity contribution in [1.29, 1.82) is 0 Å². The molecule has 2 aromatic heterocycles. The van der Waals surface area contributed by atoms with E-state index in [1.54, 1.807) is 24.3 Å². The van der Waals surface area contributed by atoms with Crippen molar-refractivity contribution in [3.8, 4) is 11.3 Å². The second-order valence-corrected chi connectivity index (χ2v) is 6.86. The van der Waals surface area contributed by atoms with Crippen molar-refractivity contribution in [2.75, 3.05) is 5.43 Å². The van der Waals surface area contributed by atoms with Crippen LogP contribution < -0.4 is 10.6 Å². The van der Waals surface area contributed by atoms with E-state index in [4.69, 9.17) is 9.56 Å². The molecule has 0 radical (unpaired) electrons. The fourth-order valence-corrected chi connectivity index (χ4v) is 2.62. The first-order valence-electron chi connectivity index (χ1n) is 7.45. The number of benzene rings is 1. The Kier molecular flexibility index (Phi) is 4.96. The molecule has 0 spiro atoms. The van der Waals surface area contributed by atoms with Crippen LogP contribution in [0.4, 0.5) is 11.5 Å². The molecule has 0 amide bonds. The molecule has 0 saturated heterocycles. The normalized spacial score (nSPS) is 11.6. The number of nitro groups is 1. The number of nitrogens with two attached hydrogens (primary N) is 1. The van der Waals surface area contributed by atoms with Crippen LogP contribution in [0.2, 0.25) is 0 Å². The molecule has 1 aromatic carbocycles. The monoisotopic (exact) mass is 387 g/mol. The van der Waals surface area contributed by atoms with Crippen molar-refractivity contribution < 1.29 is 17.8 Å². The molecule has 0 saturated carbocycles. The summed E-state index contributed by atoms with van der Waals surface area (Å²) < 4.78 is 28.1. The van der Waals surface area contributed by atoms with Crippen LogP contribution in [0.1, 0.15) is 5.76 Å². The summed E-state index contributed by atoms with van der Waals surface area (Å²) in [5, 5.41) is 19.6. The molecule has 3 rings (SSSR count). The highest BCUT2D eigenvalue weighted by Crippen LogP contribution is 2.23. The van der Waals surface area contributed by atoms with Gasteiger partial charge in [0.05, 0.1) is 16.0 Å². The van der Waals surface area contributed by atoms with Crippen LogP contribution in [0.5, 0.6) is 0 Å². The topological polar surface area (TPSA) is 154 Å². The van der Waals surface area contributed by atoms with E-state index >= 15 is 0 Å². The van der Waals surface area contributed by atoms with Crippen LogP contribution in [-0.2, 0) is 10.0 Å². The number of nitrogens with zero attached hydrogens (tertiary/aromatic N) is 3. The highest BCUT2D eigenvalue weighted by Gasteiger charge is 2.09. The largest absolute Gasteiger partial charge is 0.455 e. The summed E-state index contributed by atoms with van der Waals surface area (Å²) >= 11 is 0. The minimum absolute atomic E-state index is 0.0133. The summed E-state index contributed by atoms with van der Waals surface area (Å²) in [5.74, 6) is 1.29. The number of furan rings is 1. The lowest BCUT2D eigenvalue weighted by Crippen LogP contribution is -2.11. The number of rotatable bonds is 6. The van der Waals surface area contributed by atoms with Gasteiger partial charge in [0, 0.05) is 11.6 Å². The van der Waals surface area contributed by atoms with Crippen LogP contribution >= 0.6 is 0 Å². The first-order chi connectivity index (χ1) is 12.8. The average Bonchev–Trinajstić information content (AvgIpc) is 3.10. The van der Waals surface area contributed by atoms with Crippen molar-refractivity contribution in [2.24, 2.45) is 10.2 Å². The van der Waals surface area contributed by atoms with E-state index in [1.807, 2.05) is 0 Å². The molecule has 3 N–H and O–H groups in total. The molecular formula is C16H13N5O5S. The zero-order valence-electron chi connectivity index (χ0n) is 13.6. The highest BCUT2D eigenvalue weighted by atomic mass is 32.2. The molecule has 2 heterocycles. The lowest BCUT2D eigenvalue weighted by atomic mass is 10.2. The number of pyridine rings is 1. The van der Waals surface area contributed by atoms with E-state index in [0.29, 0.717) is 22.9 Å². The zero-order chi connectivity index (χ0) is 19.4. The summed E-state index contributed by atoms with van der Waals surface area (Å²) in [6.07, 6.45) is 2.53. The number of nitrogens with one attached hydrogen (secondary N) is 1. The van der Waals surface area contributed by atoms with Crippen molar-refractivity contribution in [1.82, 2.24) is 4.98 Å². The van der Waals surface area contributed by atoms with Crippen molar-refractivity contribution in [3.63, 3.8) is 0 Å². The Morgan fingerprint density at radius 2 is 1.89 bits per heavy atom. The standard InChI is InChI=1S/C16H13N5O5S/c17-27(24,25)14-5-1-11(2-6-14)15-7-4-13(26-15)10-19-20-16-8-3-12(9-18-16)21(22)23/h1-10H,(H,18,20)(H2,17,24,25)/b19-10+. The lowest BCUT2D eigenvalue weighted by molar-refractivity contribution is -0.385. The van der Waals surface area contributed by atoms with Gasteiger partial charge in [-0.3, -0.25) is 15.5 Å². The van der Waals surface area contributed by atoms with Crippen LogP contribution in [0, 0.1) is 10.1 Å². The third-order valence-electron chi connectivity index (χ3n) is 3.42. The number of hydrogen-bond donors (Lipinski definition) is 2. The molecule has 0 atom stereocenters. The highest BCUT2D eigenvalue weighted by molar-refractivity contribution is 7.89. The fourth-order valence-electron chi connectivity index (χ4n) is 2.11. The molecule has 3 aromatic rings. The summed E-state index contributed by atoms with van der Waals surface area (Å²) in [4.78, 5) is 13.9. The molecule has 0 bridgehead atoms. The minimum atomic E-state index is -3.75. The van der Waals surface area contributed by atoms with Gasteiger partial charge in [-0.05, 0) is 42.5 Å². The van der Waals surface area contributed by atoms with E-state index in [2.05, 4.69) is 15.5 Å². The van der Waals surface area contributed by atoms with Crippen molar-refractivity contribution in [2.45, 2.75) is 4.90 Å². The maximum Gasteiger partial charge on any atom is 0.287 e. The van der Waals surface area contributed by atoms with Crippen LogP contribution in [0.15, 0.2) is 69.1 Å². The summed E-state index contributed by atoms with van der Waals surface area (Å²) in [6, 6.07) is 12.1. The Morgan fingerprint density at radius 3 is 2.48 bits per heavy atom. The van der Waals surface area contributed by atoms with Gasteiger partial charge in [-0.2, -0.15) is 5.10 Å². The van der Waals surface area contributed by atoms with E-state index in [9.17, 15) is 18.5 Å². The zero-order valence-corrected chi connectivity index (χ0v) is 14.5. The molecule has 10 nitrogen and oxygen atoms in total. The van der Waals surface area contributed by atoms with E-state index in [1.165, 1.54) is 30.5 Å². The van der Waals surface area contributed by atoms with Crippen LogP contribution in [0.3, 0.4) is 0 Å². The number of anilines is 1. The molecule has 138 valence electrons. The number of hydrogen-bond acceptors (Lipinski definition) is 8. The van der Waals surface area contributed by atoms with Gasteiger partial charge < -0.3 is 4.42 Å². The van der Waals surface area contributed by atoms with Crippen LogP contribution in [0.25, 0.3) is 11.3 Å². The first kappa shape index (κ1) is 18.2. The van der Waals surface area contributed by atoms with Gasteiger partial charge in [-0.25, -0.2) is 18.5 Å². The number of aromatic nitrogens is 1. The first-order valence-corrected chi connectivity index (χ1v) is 9.00. The molecule has 11 heteroatoms. The van der Waals surface area contributed by atoms with Gasteiger partial charge in [0.1, 0.15) is 23.5 Å². The van der Waals surface area contributed by atoms with Crippen molar-refractivity contribution in [3.05, 3.63) is 70.6 Å². The predicted molar refractivity (Wildman–Crippen MR) is 97.6 cm³/mol. The van der Waals surface area contributed by atoms with Gasteiger partial charge in [0.25, 0.3) is 5.69 Å². The maximum absolute atomic E-state index is 11.3. The number of hydrazone groups is 1. The molecule has 0 aliphatic carbocycles. The molecular weight excluding hydrogens is 374 g/mol.